The van der Waals surface area contributed by atoms with Crippen LogP contribution in [0.1, 0.15) is 30.5 Å². The van der Waals surface area contributed by atoms with Crippen molar-refractivity contribution < 1.29 is 15.0 Å². The Morgan fingerprint density at radius 2 is 2.17 bits per heavy atom. The van der Waals surface area contributed by atoms with Gasteiger partial charge in [0.2, 0.25) is 11.7 Å². The van der Waals surface area contributed by atoms with Gasteiger partial charge in [0.05, 0.1) is 21.0 Å². The van der Waals surface area contributed by atoms with E-state index in [9.17, 15) is 15.0 Å². The fraction of sp³-hybridized carbons (Fsp3) is 0.368. The molecule has 30 heavy (non-hydrogen) atoms. The maximum absolute atomic E-state index is 12.3. The molecular weight excluding hydrogens is 428 g/mol. The fourth-order valence-corrected chi connectivity index (χ4v) is 4.66. The molecule has 11 heteroatoms. The summed E-state index contributed by atoms with van der Waals surface area (Å²) in [4.78, 5) is 25.8. The molecule has 3 heterocycles. The Labute approximate surface area is 180 Å². The number of nitrogens with one attached hydrogen (secondary N) is 1. The molecule has 1 fully saturated rings. The molecule has 0 spiro atoms. The fourth-order valence-electron chi connectivity index (χ4n) is 3.76. The van der Waals surface area contributed by atoms with Crippen molar-refractivity contribution >= 4 is 45.8 Å². The van der Waals surface area contributed by atoms with Crippen LogP contribution >= 0.6 is 22.9 Å². The van der Waals surface area contributed by atoms with E-state index in [2.05, 4.69) is 32.1 Å². The van der Waals surface area contributed by atoms with Gasteiger partial charge in [-0.3, -0.25) is 9.36 Å². The van der Waals surface area contributed by atoms with Gasteiger partial charge in [-0.05, 0) is 43.7 Å². The molecule has 1 saturated carbocycles. The summed E-state index contributed by atoms with van der Waals surface area (Å²) in [6, 6.07) is 3.52. The summed E-state index contributed by atoms with van der Waals surface area (Å²) < 4.78 is 1.96. The van der Waals surface area contributed by atoms with E-state index in [4.69, 9.17) is 17.3 Å². The minimum absolute atomic E-state index is 0.0948. The number of thiophene rings is 1. The Hall–Kier alpha value is -2.71. The van der Waals surface area contributed by atoms with E-state index >= 15 is 0 Å². The van der Waals surface area contributed by atoms with E-state index in [1.165, 1.54) is 29.3 Å². The van der Waals surface area contributed by atoms with Gasteiger partial charge in [-0.1, -0.05) is 11.6 Å². The second kappa shape index (κ2) is 7.21. The highest BCUT2D eigenvalue weighted by Gasteiger charge is 2.58. The van der Waals surface area contributed by atoms with Gasteiger partial charge in [-0.2, -0.15) is 0 Å². The summed E-state index contributed by atoms with van der Waals surface area (Å²) in [6.07, 6.45) is 0.352. The third-order valence-corrected chi connectivity index (χ3v) is 6.66. The number of nitrogens with two attached hydrogens (primary N) is 1. The van der Waals surface area contributed by atoms with Crippen LogP contribution in [-0.4, -0.2) is 48.8 Å². The summed E-state index contributed by atoms with van der Waals surface area (Å²) >= 11 is 7.24. The van der Waals surface area contributed by atoms with Gasteiger partial charge in [-0.15, -0.1) is 11.3 Å². The van der Waals surface area contributed by atoms with E-state index in [0.717, 1.165) is 4.88 Å². The highest BCUT2D eigenvalue weighted by molar-refractivity contribution is 7.16. The van der Waals surface area contributed by atoms with E-state index in [-0.39, 0.29) is 41.6 Å². The number of hydrogen-bond acceptors (Lipinski definition) is 8. The Kier molecular flexibility index (Phi) is 4.94. The van der Waals surface area contributed by atoms with E-state index in [1.54, 1.807) is 19.1 Å². The molecule has 3 atom stereocenters. The van der Waals surface area contributed by atoms with Crippen LogP contribution < -0.4 is 11.1 Å². The number of hydrogen-bond donors (Lipinski definition) is 4. The van der Waals surface area contributed by atoms with Gasteiger partial charge in [-0.25, -0.2) is 15.0 Å². The van der Waals surface area contributed by atoms with Crippen LogP contribution in [0.3, 0.4) is 0 Å². The van der Waals surface area contributed by atoms with Crippen molar-refractivity contribution in [2.75, 3.05) is 12.8 Å². The maximum Gasteiger partial charge on any atom is 0.228 e. The van der Waals surface area contributed by atoms with Gasteiger partial charge < -0.3 is 21.3 Å². The molecule has 9 nitrogen and oxygen atoms in total. The average molecular weight is 447 g/mol. The van der Waals surface area contributed by atoms with Crippen LogP contribution in [-0.2, 0) is 10.5 Å². The Morgan fingerprint density at radius 3 is 2.83 bits per heavy atom. The molecule has 156 valence electrons. The Bertz CT molecular complexity index is 1210. The van der Waals surface area contributed by atoms with Crippen LogP contribution in [0, 0.1) is 17.3 Å². The maximum atomic E-state index is 12.3. The van der Waals surface area contributed by atoms with Crippen molar-refractivity contribution in [3.8, 4) is 11.8 Å². The predicted molar refractivity (Wildman–Crippen MR) is 113 cm³/mol. The molecular formula is C19H19ClN6O3S. The molecule has 1 amide bonds. The number of aliphatic hydroxyl groups is 2. The van der Waals surface area contributed by atoms with E-state index < -0.39 is 17.2 Å². The lowest BCUT2D eigenvalue weighted by atomic mass is 9.84. The number of anilines is 1. The van der Waals surface area contributed by atoms with Gasteiger partial charge in [0, 0.05) is 7.05 Å². The molecule has 1 aliphatic rings. The van der Waals surface area contributed by atoms with Crippen molar-refractivity contribution in [2.45, 2.75) is 31.6 Å². The second-order valence-corrected chi connectivity index (χ2v) is 9.07. The molecule has 0 radical (unpaired) electrons. The summed E-state index contributed by atoms with van der Waals surface area (Å²) in [5.74, 6) is 5.62. The van der Waals surface area contributed by atoms with E-state index in [0.29, 0.717) is 4.34 Å². The first-order valence-electron chi connectivity index (χ1n) is 9.10. The van der Waals surface area contributed by atoms with Crippen LogP contribution in [0.15, 0.2) is 18.5 Å². The monoisotopic (exact) mass is 446 g/mol. The lowest BCUT2D eigenvalue weighted by Crippen LogP contribution is -2.51. The number of rotatable bonds is 2. The van der Waals surface area contributed by atoms with Gasteiger partial charge >= 0.3 is 0 Å². The zero-order chi connectivity index (χ0) is 21.7. The number of carbonyl (C=O) groups is 1. The standard InChI is InChI=1S/C19H19ClN6O3S/c1-18(17(28)22-2)7-8-19(29,16(18)27)26-9-23-13-14(21)24-12(25-15(13)26)6-4-10-3-5-11(20)30-10/h3,5,9,16,27,29H,7-8H2,1-2H3,(H,22,28)(H2,21,24,25)/t16-,18?,19-/m1/s1. The van der Waals surface area contributed by atoms with Crippen LogP contribution in [0.4, 0.5) is 5.82 Å². The number of imidazole rings is 1. The molecule has 0 saturated heterocycles. The first-order chi connectivity index (χ1) is 14.2. The lowest BCUT2D eigenvalue weighted by Gasteiger charge is -2.34. The predicted octanol–water partition coefficient (Wildman–Crippen LogP) is 1.08. The minimum atomic E-state index is -1.79. The Balaban J connectivity index is 1.78. The van der Waals surface area contributed by atoms with Crippen molar-refractivity contribution in [2.24, 2.45) is 5.41 Å². The quantitative estimate of drug-likeness (QED) is 0.432. The molecule has 3 aromatic heterocycles. The molecule has 1 aliphatic carbocycles. The van der Waals surface area contributed by atoms with Crippen molar-refractivity contribution in [3.63, 3.8) is 0 Å². The number of nitrogen functional groups attached to an aromatic ring is 1. The topological polar surface area (TPSA) is 139 Å². The van der Waals surface area contributed by atoms with Crippen molar-refractivity contribution in [3.05, 3.63) is 33.5 Å². The van der Waals surface area contributed by atoms with Crippen molar-refractivity contribution in [1.82, 2.24) is 24.8 Å². The highest BCUT2D eigenvalue weighted by Crippen LogP contribution is 2.47. The largest absolute Gasteiger partial charge is 0.387 e. The zero-order valence-corrected chi connectivity index (χ0v) is 17.8. The molecule has 0 aromatic carbocycles. The average Bonchev–Trinajstić information content (AvgIpc) is 3.40. The molecule has 5 N–H and O–H groups in total. The number of aliphatic hydroxyl groups excluding tert-OH is 1. The highest BCUT2D eigenvalue weighted by atomic mass is 35.5. The summed E-state index contributed by atoms with van der Waals surface area (Å²) in [7, 11) is 1.49. The SMILES string of the molecule is CNC(=O)C1(C)CC[C@](O)(n2cnc3c(N)nc(C#Cc4ccc(Cl)s4)nc32)[C@@H]1O. The Morgan fingerprint density at radius 1 is 1.40 bits per heavy atom. The van der Waals surface area contributed by atoms with Crippen molar-refractivity contribution in [1.29, 1.82) is 0 Å². The van der Waals surface area contributed by atoms with Crippen LogP contribution in [0.2, 0.25) is 4.34 Å². The summed E-state index contributed by atoms with van der Waals surface area (Å²) in [6.45, 7) is 1.61. The molecule has 0 aliphatic heterocycles. The van der Waals surface area contributed by atoms with Gasteiger partial charge in [0.1, 0.15) is 11.6 Å². The number of amides is 1. The summed E-state index contributed by atoms with van der Waals surface area (Å²) in [5.41, 5.74) is 3.56. The number of aromatic nitrogens is 4. The number of fused-ring (bicyclic) bond motifs is 1. The first kappa shape index (κ1) is 20.6. The van der Waals surface area contributed by atoms with Gasteiger partial charge in [0.25, 0.3) is 0 Å². The lowest BCUT2D eigenvalue weighted by molar-refractivity contribution is -0.157. The number of nitrogens with zero attached hydrogens (tertiary/aromatic N) is 4. The normalized spacial score (nSPS) is 25.8. The molecule has 4 rings (SSSR count). The van der Waals surface area contributed by atoms with Crippen LogP contribution in [0.5, 0.6) is 0 Å². The second-order valence-electron chi connectivity index (χ2n) is 7.35. The van der Waals surface area contributed by atoms with E-state index in [1.807, 2.05) is 0 Å². The number of halogens is 1. The smallest absolute Gasteiger partial charge is 0.228 e. The number of carbonyl (C=O) groups excluding carboxylic acids is 1. The third kappa shape index (κ3) is 3.11. The molecule has 3 aromatic rings. The molecule has 0 bridgehead atoms. The van der Waals surface area contributed by atoms with Gasteiger partial charge in [0.15, 0.2) is 17.2 Å². The molecule has 1 unspecified atom stereocenters. The van der Waals surface area contributed by atoms with Crippen LogP contribution in [0.25, 0.3) is 11.2 Å². The minimum Gasteiger partial charge on any atom is -0.387 e. The zero-order valence-electron chi connectivity index (χ0n) is 16.2. The first-order valence-corrected chi connectivity index (χ1v) is 10.3. The summed E-state index contributed by atoms with van der Waals surface area (Å²) in [5, 5.41) is 24.8. The third-order valence-electron chi connectivity index (χ3n) is 5.51.